The largest absolute Gasteiger partial charge is 0.382 e. The van der Waals surface area contributed by atoms with Crippen molar-refractivity contribution in [2.75, 3.05) is 25.6 Å². The maximum Gasteiger partial charge on any atom is 0.156 e. The van der Waals surface area contributed by atoms with Crippen LogP contribution in [0.15, 0.2) is 6.07 Å². The summed E-state index contributed by atoms with van der Waals surface area (Å²) < 4.78 is 10.6. The van der Waals surface area contributed by atoms with Crippen molar-refractivity contribution < 1.29 is 9.47 Å². The van der Waals surface area contributed by atoms with Crippen molar-refractivity contribution in [1.82, 2.24) is 9.97 Å². The molecule has 0 saturated heterocycles. The Morgan fingerprint density at radius 1 is 1.39 bits per heavy atom. The molecule has 0 aliphatic carbocycles. The fraction of sp³-hybridized carbons (Fsp3) is 0.692. The van der Waals surface area contributed by atoms with E-state index in [1.165, 1.54) is 0 Å². The summed E-state index contributed by atoms with van der Waals surface area (Å²) >= 11 is 0. The van der Waals surface area contributed by atoms with E-state index in [1.807, 2.05) is 19.9 Å². The normalized spacial score (nSPS) is 12.4. The minimum absolute atomic E-state index is 0.0474. The zero-order valence-electron chi connectivity index (χ0n) is 11.7. The van der Waals surface area contributed by atoms with E-state index in [1.54, 1.807) is 7.11 Å². The molecule has 1 aromatic heterocycles. The Hall–Kier alpha value is -1.20. The highest BCUT2D eigenvalue weighted by molar-refractivity contribution is 5.35. The average Bonchev–Trinajstić information content (AvgIpc) is 2.34. The van der Waals surface area contributed by atoms with Crippen LogP contribution in [0.5, 0.6) is 0 Å². The molecule has 1 unspecified atom stereocenters. The first kappa shape index (κ1) is 14.9. The summed E-state index contributed by atoms with van der Waals surface area (Å²) in [5.41, 5.74) is 0.946. The van der Waals surface area contributed by atoms with Crippen LogP contribution in [0.1, 0.15) is 31.8 Å². The lowest BCUT2D eigenvalue weighted by atomic mass is 10.4. The SMILES string of the molecule is CCCNc1cc(C)nc(COC(C)COC)n1. The van der Waals surface area contributed by atoms with E-state index in [2.05, 4.69) is 22.2 Å². The third kappa shape index (κ3) is 5.42. The van der Waals surface area contributed by atoms with Crippen molar-refractivity contribution in [3.05, 3.63) is 17.6 Å². The van der Waals surface area contributed by atoms with Gasteiger partial charge in [-0.3, -0.25) is 0 Å². The number of hydrogen-bond acceptors (Lipinski definition) is 5. The predicted octanol–water partition coefficient (Wildman–Crippen LogP) is 2.16. The van der Waals surface area contributed by atoms with Crippen LogP contribution < -0.4 is 5.32 Å². The summed E-state index contributed by atoms with van der Waals surface area (Å²) in [5, 5.41) is 3.26. The van der Waals surface area contributed by atoms with Crippen molar-refractivity contribution in [1.29, 1.82) is 0 Å². The van der Waals surface area contributed by atoms with Crippen LogP contribution in [0, 0.1) is 6.92 Å². The molecular weight excluding hydrogens is 230 g/mol. The first-order valence-electron chi connectivity index (χ1n) is 6.34. The standard InChI is InChI=1S/C13H23N3O2/c1-5-6-14-12-7-10(2)15-13(16-12)9-18-11(3)8-17-4/h7,11H,5-6,8-9H2,1-4H3,(H,14,15,16). The van der Waals surface area contributed by atoms with Crippen LogP contribution in [0.4, 0.5) is 5.82 Å². The number of anilines is 1. The van der Waals surface area contributed by atoms with Gasteiger partial charge in [0.25, 0.3) is 0 Å². The molecule has 0 radical (unpaired) electrons. The van der Waals surface area contributed by atoms with Gasteiger partial charge in [-0.05, 0) is 20.3 Å². The molecule has 0 aliphatic rings. The molecule has 1 atom stereocenters. The topological polar surface area (TPSA) is 56.3 Å². The smallest absolute Gasteiger partial charge is 0.156 e. The second-order valence-corrected chi connectivity index (χ2v) is 4.31. The predicted molar refractivity (Wildman–Crippen MR) is 71.7 cm³/mol. The molecule has 5 heteroatoms. The summed E-state index contributed by atoms with van der Waals surface area (Å²) in [6.07, 6.45) is 1.12. The van der Waals surface area contributed by atoms with Gasteiger partial charge < -0.3 is 14.8 Å². The van der Waals surface area contributed by atoms with Crippen molar-refractivity contribution in [2.45, 2.75) is 39.9 Å². The van der Waals surface area contributed by atoms with Gasteiger partial charge >= 0.3 is 0 Å². The summed E-state index contributed by atoms with van der Waals surface area (Å²) in [5.74, 6) is 1.57. The first-order valence-corrected chi connectivity index (χ1v) is 6.34. The fourth-order valence-electron chi connectivity index (χ4n) is 1.54. The first-order chi connectivity index (χ1) is 8.65. The Morgan fingerprint density at radius 3 is 2.83 bits per heavy atom. The Morgan fingerprint density at radius 2 is 2.17 bits per heavy atom. The van der Waals surface area contributed by atoms with E-state index in [-0.39, 0.29) is 6.10 Å². The van der Waals surface area contributed by atoms with Gasteiger partial charge in [0, 0.05) is 25.4 Å². The lowest BCUT2D eigenvalue weighted by Gasteiger charge is -2.12. The van der Waals surface area contributed by atoms with Crippen LogP contribution in [0.3, 0.4) is 0 Å². The molecule has 102 valence electrons. The number of nitrogens with one attached hydrogen (secondary N) is 1. The Kier molecular flexibility index (Phi) is 6.60. The van der Waals surface area contributed by atoms with E-state index in [9.17, 15) is 0 Å². The van der Waals surface area contributed by atoms with Crippen LogP contribution in [0.2, 0.25) is 0 Å². The van der Waals surface area contributed by atoms with Gasteiger partial charge in [0.15, 0.2) is 5.82 Å². The summed E-state index contributed by atoms with van der Waals surface area (Å²) in [6.45, 7) is 7.95. The molecule has 1 N–H and O–H groups in total. The molecule has 5 nitrogen and oxygen atoms in total. The van der Waals surface area contributed by atoms with Gasteiger partial charge in [0.05, 0.1) is 12.7 Å². The lowest BCUT2D eigenvalue weighted by Crippen LogP contribution is -2.16. The van der Waals surface area contributed by atoms with Crippen LogP contribution in [-0.4, -0.2) is 36.3 Å². The van der Waals surface area contributed by atoms with Gasteiger partial charge in [-0.15, -0.1) is 0 Å². The highest BCUT2D eigenvalue weighted by Crippen LogP contribution is 2.08. The number of nitrogens with zero attached hydrogens (tertiary/aromatic N) is 2. The highest BCUT2D eigenvalue weighted by Gasteiger charge is 2.06. The third-order valence-electron chi connectivity index (χ3n) is 2.35. The minimum atomic E-state index is 0.0474. The minimum Gasteiger partial charge on any atom is -0.382 e. The third-order valence-corrected chi connectivity index (χ3v) is 2.35. The Balaban J connectivity index is 2.56. The van der Waals surface area contributed by atoms with Crippen molar-refractivity contribution >= 4 is 5.82 Å². The molecule has 0 aromatic carbocycles. The van der Waals surface area contributed by atoms with Gasteiger partial charge in [-0.1, -0.05) is 6.92 Å². The van der Waals surface area contributed by atoms with Crippen molar-refractivity contribution in [2.24, 2.45) is 0 Å². The zero-order valence-corrected chi connectivity index (χ0v) is 11.7. The molecule has 18 heavy (non-hydrogen) atoms. The second kappa shape index (κ2) is 8.00. The van der Waals surface area contributed by atoms with E-state index in [0.29, 0.717) is 19.0 Å². The molecule has 0 aliphatic heterocycles. The van der Waals surface area contributed by atoms with Crippen LogP contribution >= 0.6 is 0 Å². The lowest BCUT2D eigenvalue weighted by molar-refractivity contribution is -0.00273. The Labute approximate surface area is 109 Å². The van der Waals surface area contributed by atoms with Gasteiger partial charge in [-0.25, -0.2) is 9.97 Å². The number of ether oxygens (including phenoxy) is 2. The van der Waals surface area contributed by atoms with Crippen LogP contribution in [-0.2, 0) is 16.1 Å². The summed E-state index contributed by atoms with van der Waals surface area (Å²) in [4.78, 5) is 8.77. The van der Waals surface area contributed by atoms with E-state index < -0.39 is 0 Å². The van der Waals surface area contributed by atoms with Crippen molar-refractivity contribution in [3.63, 3.8) is 0 Å². The van der Waals surface area contributed by atoms with E-state index in [0.717, 1.165) is 24.5 Å². The van der Waals surface area contributed by atoms with Gasteiger partial charge in [0.1, 0.15) is 12.4 Å². The molecule has 0 bridgehead atoms. The zero-order chi connectivity index (χ0) is 13.4. The molecule has 0 fully saturated rings. The Bertz CT molecular complexity index is 358. The number of rotatable bonds is 8. The number of methoxy groups -OCH3 is 1. The maximum absolute atomic E-state index is 5.61. The highest BCUT2D eigenvalue weighted by atomic mass is 16.5. The fourth-order valence-corrected chi connectivity index (χ4v) is 1.54. The maximum atomic E-state index is 5.61. The molecule has 0 spiro atoms. The molecular formula is C13H23N3O2. The number of hydrogen-bond donors (Lipinski definition) is 1. The van der Waals surface area contributed by atoms with Gasteiger partial charge in [0.2, 0.25) is 0 Å². The van der Waals surface area contributed by atoms with E-state index in [4.69, 9.17) is 9.47 Å². The van der Waals surface area contributed by atoms with Crippen LogP contribution in [0.25, 0.3) is 0 Å². The summed E-state index contributed by atoms with van der Waals surface area (Å²) in [7, 11) is 1.66. The molecule has 0 amide bonds. The molecule has 1 rings (SSSR count). The quantitative estimate of drug-likeness (QED) is 0.769. The molecule has 1 aromatic rings. The molecule has 1 heterocycles. The summed E-state index contributed by atoms with van der Waals surface area (Å²) in [6, 6.07) is 1.94. The van der Waals surface area contributed by atoms with E-state index >= 15 is 0 Å². The number of aromatic nitrogens is 2. The number of aryl methyl sites for hydroxylation is 1. The molecule has 0 saturated carbocycles. The van der Waals surface area contributed by atoms with Crippen molar-refractivity contribution in [3.8, 4) is 0 Å². The second-order valence-electron chi connectivity index (χ2n) is 4.31. The average molecular weight is 253 g/mol. The monoisotopic (exact) mass is 253 g/mol. The van der Waals surface area contributed by atoms with Gasteiger partial charge in [-0.2, -0.15) is 0 Å².